The number of carbonyl (C=O) groups excluding carboxylic acids is 1. The highest BCUT2D eigenvalue weighted by atomic mass is 16.5. The maximum Gasteiger partial charge on any atom is 0.287 e. The first-order valence-electron chi connectivity index (χ1n) is 6.47. The van der Waals surface area contributed by atoms with Gasteiger partial charge in [-0.1, -0.05) is 0 Å². The molecule has 1 aromatic heterocycles. The number of rotatable bonds is 5. The van der Waals surface area contributed by atoms with E-state index in [2.05, 4.69) is 5.32 Å². The van der Waals surface area contributed by atoms with Crippen molar-refractivity contribution in [3.05, 3.63) is 35.1 Å². The van der Waals surface area contributed by atoms with Gasteiger partial charge in [-0.25, -0.2) is 0 Å². The van der Waals surface area contributed by atoms with Crippen molar-refractivity contribution in [3.63, 3.8) is 0 Å². The summed E-state index contributed by atoms with van der Waals surface area (Å²) in [6.45, 7) is 4.32. The molecule has 0 fully saturated rings. The highest BCUT2D eigenvalue weighted by Gasteiger charge is 2.14. The summed E-state index contributed by atoms with van der Waals surface area (Å²) in [5, 5.41) is 13.0. The normalized spacial score (nSPS) is 12.6. The lowest BCUT2D eigenvalue weighted by Gasteiger charge is -2.09. The van der Waals surface area contributed by atoms with E-state index in [0.717, 1.165) is 16.5 Å². The molecule has 0 spiro atoms. The van der Waals surface area contributed by atoms with Gasteiger partial charge in [0.2, 0.25) is 0 Å². The number of fused-ring (bicyclic) bond motifs is 1. The maximum absolute atomic E-state index is 11.9. The summed E-state index contributed by atoms with van der Waals surface area (Å²) in [6, 6.07) is 5.62. The largest absolute Gasteiger partial charge is 0.451 e. The number of nitrogens with one attached hydrogen (secondary N) is 1. The first kappa shape index (κ1) is 14.6. The molecule has 0 bridgehead atoms. The second-order valence-electron chi connectivity index (χ2n) is 4.90. The molecule has 2 N–H and O–H groups in total. The Kier molecular flexibility index (Phi) is 4.42. The van der Waals surface area contributed by atoms with Crippen LogP contribution in [0.1, 0.15) is 21.7 Å². The van der Waals surface area contributed by atoms with Gasteiger partial charge in [0.25, 0.3) is 5.91 Å². The minimum Gasteiger partial charge on any atom is -0.451 e. The van der Waals surface area contributed by atoms with E-state index in [4.69, 9.17) is 9.15 Å². The van der Waals surface area contributed by atoms with Crippen molar-refractivity contribution >= 4 is 16.9 Å². The fourth-order valence-electron chi connectivity index (χ4n) is 1.96. The Hall–Kier alpha value is -1.85. The van der Waals surface area contributed by atoms with Crippen molar-refractivity contribution < 1.29 is 19.1 Å². The van der Waals surface area contributed by atoms with Crippen LogP contribution in [-0.2, 0) is 4.74 Å². The first-order valence-corrected chi connectivity index (χ1v) is 6.47. The van der Waals surface area contributed by atoms with E-state index in [1.54, 1.807) is 6.07 Å². The summed E-state index contributed by atoms with van der Waals surface area (Å²) >= 11 is 0. The zero-order chi connectivity index (χ0) is 14.7. The molecule has 0 aliphatic heterocycles. The zero-order valence-electron chi connectivity index (χ0n) is 11.9. The third-order valence-electron chi connectivity index (χ3n) is 3.21. The second-order valence-corrected chi connectivity index (χ2v) is 4.90. The lowest BCUT2D eigenvalue weighted by atomic mass is 10.1. The SMILES string of the molecule is COCC(O)CNC(=O)c1cc2cc(C)c(C)cc2o1. The topological polar surface area (TPSA) is 71.7 Å². The van der Waals surface area contributed by atoms with Crippen molar-refractivity contribution in [3.8, 4) is 0 Å². The lowest BCUT2D eigenvalue weighted by Crippen LogP contribution is -2.34. The minimum atomic E-state index is -0.724. The number of aliphatic hydroxyl groups excluding tert-OH is 1. The summed E-state index contributed by atoms with van der Waals surface area (Å²) in [5.74, 6) is -0.0960. The van der Waals surface area contributed by atoms with E-state index in [1.165, 1.54) is 7.11 Å². The molecule has 20 heavy (non-hydrogen) atoms. The van der Waals surface area contributed by atoms with Gasteiger partial charge in [-0.05, 0) is 43.2 Å². The molecule has 0 aliphatic rings. The van der Waals surface area contributed by atoms with Crippen molar-refractivity contribution in [1.82, 2.24) is 5.32 Å². The number of hydrogen-bond acceptors (Lipinski definition) is 4. The van der Waals surface area contributed by atoms with E-state index >= 15 is 0 Å². The second kappa shape index (κ2) is 6.07. The van der Waals surface area contributed by atoms with Gasteiger partial charge >= 0.3 is 0 Å². The molecule has 0 saturated heterocycles. The third kappa shape index (κ3) is 3.18. The smallest absolute Gasteiger partial charge is 0.287 e. The highest BCUT2D eigenvalue weighted by Crippen LogP contribution is 2.23. The number of amides is 1. The molecule has 1 aromatic carbocycles. The van der Waals surface area contributed by atoms with Gasteiger partial charge in [-0.3, -0.25) is 4.79 Å². The standard InChI is InChI=1S/C15H19NO4/c1-9-4-11-6-14(20-13(11)5-10(9)2)15(18)16-7-12(17)8-19-3/h4-6,12,17H,7-8H2,1-3H3,(H,16,18). The summed E-state index contributed by atoms with van der Waals surface area (Å²) in [6.07, 6.45) is -0.724. The van der Waals surface area contributed by atoms with Gasteiger partial charge in [0.1, 0.15) is 5.58 Å². The van der Waals surface area contributed by atoms with Gasteiger partial charge < -0.3 is 19.6 Å². The van der Waals surface area contributed by atoms with E-state index in [1.807, 2.05) is 26.0 Å². The van der Waals surface area contributed by atoms with Gasteiger partial charge in [0.05, 0.1) is 12.7 Å². The molecule has 0 saturated carbocycles. The Bertz CT molecular complexity index is 579. The van der Waals surface area contributed by atoms with Gasteiger partial charge in [-0.2, -0.15) is 0 Å². The predicted molar refractivity (Wildman–Crippen MR) is 75.9 cm³/mol. The number of methoxy groups -OCH3 is 1. The van der Waals surface area contributed by atoms with Crippen LogP contribution in [-0.4, -0.2) is 37.4 Å². The molecule has 2 rings (SSSR count). The van der Waals surface area contributed by atoms with Crippen molar-refractivity contribution in [2.45, 2.75) is 20.0 Å². The number of aryl methyl sites for hydroxylation is 2. The van der Waals surface area contributed by atoms with Gasteiger partial charge in [-0.15, -0.1) is 0 Å². The molecule has 5 heteroatoms. The molecule has 0 radical (unpaired) electrons. The van der Waals surface area contributed by atoms with Crippen LogP contribution in [0.2, 0.25) is 0 Å². The molecule has 108 valence electrons. The predicted octanol–water partition coefficient (Wildman–Crippen LogP) is 1.79. The molecule has 2 aromatic rings. The van der Waals surface area contributed by atoms with Crippen LogP contribution < -0.4 is 5.32 Å². The molecule has 5 nitrogen and oxygen atoms in total. The van der Waals surface area contributed by atoms with Crippen LogP contribution >= 0.6 is 0 Å². The first-order chi connectivity index (χ1) is 9.51. The monoisotopic (exact) mass is 277 g/mol. The fourth-order valence-corrected chi connectivity index (χ4v) is 1.96. The summed E-state index contributed by atoms with van der Waals surface area (Å²) in [4.78, 5) is 11.9. The van der Waals surface area contributed by atoms with Gasteiger partial charge in [0, 0.05) is 19.0 Å². The molecule has 0 aliphatic carbocycles. The van der Waals surface area contributed by atoms with E-state index in [9.17, 15) is 9.90 Å². The minimum absolute atomic E-state index is 0.127. The maximum atomic E-state index is 11.9. The number of ether oxygens (including phenoxy) is 1. The number of furan rings is 1. The molecule has 1 amide bonds. The Morgan fingerprint density at radius 3 is 2.75 bits per heavy atom. The summed E-state index contributed by atoms with van der Waals surface area (Å²) in [5.41, 5.74) is 2.96. The van der Waals surface area contributed by atoms with Crippen molar-refractivity contribution in [1.29, 1.82) is 0 Å². The van der Waals surface area contributed by atoms with Crippen LogP contribution in [0.3, 0.4) is 0 Å². The Morgan fingerprint density at radius 1 is 1.35 bits per heavy atom. The third-order valence-corrected chi connectivity index (χ3v) is 3.21. The van der Waals surface area contributed by atoms with Crippen LogP contribution in [0.15, 0.2) is 22.6 Å². The van der Waals surface area contributed by atoms with E-state index in [-0.39, 0.29) is 24.8 Å². The van der Waals surface area contributed by atoms with E-state index < -0.39 is 6.10 Å². The fraction of sp³-hybridized carbons (Fsp3) is 0.400. The molecular weight excluding hydrogens is 258 g/mol. The average Bonchev–Trinajstić information content (AvgIpc) is 2.80. The average molecular weight is 277 g/mol. The Labute approximate surface area is 117 Å². The molecular formula is C15H19NO4. The summed E-state index contributed by atoms with van der Waals surface area (Å²) < 4.78 is 10.3. The Morgan fingerprint density at radius 2 is 2.05 bits per heavy atom. The molecule has 1 atom stereocenters. The van der Waals surface area contributed by atoms with Gasteiger partial charge in [0.15, 0.2) is 5.76 Å². The van der Waals surface area contributed by atoms with Crippen LogP contribution in [0.25, 0.3) is 11.0 Å². The molecule has 1 unspecified atom stereocenters. The number of benzene rings is 1. The highest BCUT2D eigenvalue weighted by molar-refractivity contribution is 5.96. The van der Waals surface area contributed by atoms with Crippen LogP contribution in [0.5, 0.6) is 0 Å². The quantitative estimate of drug-likeness (QED) is 0.874. The number of hydrogen-bond donors (Lipinski definition) is 2. The van der Waals surface area contributed by atoms with Crippen molar-refractivity contribution in [2.75, 3.05) is 20.3 Å². The Balaban J connectivity index is 2.10. The van der Waals surface area contributed by atoms with E-state index in [0.29, 0.717) is 5.58 Å². The lowest BCUT2D eigenvalue weighted by molar-refractivity contribution is 0.0604. The number of aliphatic hydroxyl groups is 1. The summed E-state index contributed by atoms with van der Waals surface area (Å²) in [7, 11) is 1.49. The molecule has 1 heterocycles. The van der Waals surface area contributed by atoms with Crippen LogP contribution in [0.4, 0.5) is 0 Å². The van der Waals surface area contributed by atoms with Crippen LogP contribution in [0, 0.1) is 13.8 Å². The van der Waals surface area contributed by atoms with Crippen molar-refractivity contribution in [2.24, 2.45) is 0 Å². The zero-order valence-corrected chi connectivity index (χ0v) is 11.9. The number of carbonyl (C=O) groups is 1.